The Labute approximate surface area is 183 Å². The summed E-state index contributed by atoms with van der Waals surface area (Å²) in [7, 11) is 1.82. The second kappa shape index (κ2) is 11.6. The Bertz CT molecular complexity index is 702. The molecule has 1 fully saturated rings. The number of ether oxygens (including phenoxy) is 1. The van der Waals surface area contributed by atoms with Gasteiger partial charge in [0, 0.05) is 31.6 Å². The van der Waals surface area contributed by atoms with E-state index in [1.807, 2.05) is 7.05 Å². The molecule has 2 aromatic rings. The highest BCUT2D eigenvalue weighted by atomic mass is 127. The van der Waals surface area contributed by atoms with Crippen molar-refractivity contribution in [3.63, 3.8) is 0 Å². The van der Waals surface area contributed by atoms with E-state index in [4.69, 9.17) is 4.74 Å². The van der Waals surface area contributed by atoms with Crippen LogP contribution in [0.2, 0.25) is 0 Å². The lowest BCUT2D eigenvalue weighted by Crippen LogP contribution is -2.46. The topological polar surface area (TPSA) is 48.9 Å². The van der Waals surface area contributed by atoms with Gasteiger partial charge in [-0.15, -0.1) is 35.3 Å². The van der Waals surface area contributed by atoms with E-state index in [2.05, 4.69) is 69.2 Å². The maximum atomic E-state index is 5.54. The zero-order valence-electron chi connectivity index (χ0n) is 16.0. The van der Waals surface area contributed by atoms with Gasteiger partial charge in [0.25, 0.3) is 0 Å². The Morgan fingerprint density at radius 2 is 2.04 bits per heavy atom. The van der Waals surface area contributed by atoms with Gasteiger partial charge in [-0.25, -0.2) is 0 Å². The lowest BCUT2D eigenvalue weighted by Gasteiger charge is -2.35. The molecular formula is C20H29IN4OS. The number of morpholine rings is 1. The second-order valence-electron chi connectivity index (χ2n) is 6.46. The SMILES string of the molecule is CN=C(NCc1cccs1)NCC(c1cccc(C)c1)N1CCOCC1.I. The molecule has 1 aliphatic rings. The molecule has 1 aliphatic heterocycles. The molecule has 0 spiro atoms. The zero-order valence-corrected chi connectivity index (χ0v) is 19.1. The number of guanidine groups is 1. The molecule has 148 valence electrons. The van der Waals surface area contributed by atoms with Crippen LogP contribution in [0.1, 0.15) is 22.0 Å². The first-order valence-electron chi connectivity index (χ1n) is 9.11. The molecule has 2 heterocycles. The minimum atomic E-state index is 0. The fraction of sp³-hybridized carbons (Fsp3) is 0.450. The number of aliphatic imine (C=N–C) groups is 1. The van der Waals surface area contributed by atoms with Crippen molar-refractivity contribution in [3.05, 3.63) is 57.8 Å². The van der Waals surface area contributed by atoms with Crippen LogP contribution in [-0.4, -0.2) is 50.8 Å². The van der Waals surface area contributed by atoms with Crippen molar-refractivity contribution >= 4 is 41.3 Å². The number of nitrogens with zero attached hydrogens (tertiary/aromatic N) is 2. The van der Waals surface area contributed by atoms with Gasteiger partial charge in [0.2, 0.25) is 0 Å². The van der Waals surface area contributed by atoms with Gasteiger partial charge in [0.15, 0.2) is 5.96 Å². The third kappa shape index (κ3) is 6.74. The molecule has 0 radical (unpaired) electrons. The highest BCUT2D eigenvalue weighted by Gasteiger charge is 2.23. The first-order chi connectivity index (χ1) is 12.8. The van der Waals surface area contributed by atoms with Crippen LogP contribution in [-0.2, 0) is 11.3 Å². The molecule has 0 saturated carbocycles. The normalized spacial score (nSPS) is 16.4. The Kier molecular flexibility index (Phi) is 9.53. The molecule has 3 rings (SSSR count). The number of hydrogen-bond acceptors (Lipinski definition) is 4. The van der Waals surface area contributed by atoms with Crippen molar-refractivity contribution < 1.29 is 4.74 Å². The summed E-state index contributed by atoms with van der Waals surface area (Å²) in [6.07, 6.45) is 0. The van der Waals surface area contributed by atoms with Crippen molar-refractivity contribution in [1.82, 2.24) is 15.5 Å². The van der Waals surface area contributed by atoms with E-state index in [1.165, 1.54) is 16.0 Å². The Morgan fingerprint density at radius 3 is 2.70 bits per heavy atom. The summed E-state index contributed by atoms with van der Waals surface area (Å²) in [4.78, 5) is 8.17. The highest BCUT2D eigenvalue weighted by Crippen LogP contribution is 2.22. The fourth-order valence-electron chi connectivity index (χ4n) is 3.22. The van der Waals surface area contributed by atoms with Gasteiger partial charge >= 0.3 is 0 Å². The molecule has 27 heavy (non-hydrogen) atoms. The number of thiophene rings is 1. The number of aryl methyl sites for hydroxylation is 1. The van der Waals surface area contributed by atoms with Crippen LogP contribution < -0.4 is 10.6 Å². The van der Waals surface area contributed by atoms with Crippen LogP contribution in [0.3, 0.4) is 0 Å². The van der Waals surface area contributed by atoms with Crippen molar-refractivity contribution in [1.29, 1.82) is 0 Å². The second-order valence-corrected chi connectivity index (χ2v) is 7.50. The standard InChI is InChI=1S/C20H28N4OS.HI/c1-16-5-3-6-17(13-16)19(24-8-10-25-11-9-24)15-23-20(21-2)22-14-18-7-4-12-26-18;/h3-7,12-13,19H,8-11,14-15H2,1-2H3,(H2,21,22,23);1H. The molecule has 0 amide bonds. The lowest BCUT2D eigenvalue weighted by molar-refractivity contribution is 0.0170. The van der Waals surface area contributed by atoms with Crippen LogP contribution >= 0.6 is 35.3 Å². The van der Waals surface area contributed by atoms with E-state index in [0.29, 0.717) is 6.04 Å². The summed E-state index contributed by atoms with van der Waals surface area (Å²) in [5, 5.41) is 9.00. The van der Waals surface area contributed by atoms with Gasteiger partial charge in [0.1, 0.15) is 0 Å². The van der Waals surface area contributed by atoms with E-state index in [-0.39, 0.29) is 24.0 Å². The monoisotopic (exact) mass is 500 g/mol. The minimum absolute atomic E-state index is 0. The first kappa shape index (κ1) is 22.1. The number of nitrogens with one attached hydrogen (secondary N) is 2. The summed E-state index contributed by atoms with van der Waals surface area (Å²) in [6.45, 7) is 7.27. The molecule has 1 atom stereocenters. The maximum absolute atomic E-state index is 5.54. The van der Waals surface area contributed by atoms with Crippen molar-refractivity contribution in [2.24, 2.45) is 4.99 Å². The molecule has 5 nitrogen and oxygen atoms in total. The molecule has 2 N–H and O–H groups in total. The first-order valence-corrected chi connectivity index (χ1v) is 9.99. The summed E-state index contributed by atoms with van der Waals surface area (Å²) in [5.74, 6) is 0.837. The number of rotatable bonds is 6. The molecule has 1 aromatic heterocycles. The van der Waals surface area contributed by atoms with E-state index >= 15 is 0 Å². The van der Waals surface area contributed by atoms with Crippen LogP contribution in [0.5, 0.6) is 0 Å². The van der Waals surface area contributed by atoms with E-state index < -0.39 is 0 Å². The van der Waals surface area contributed by atoms with Crippen molar-refractivity contribution in [2.45, 2.75) is 19.5 Å². The fourth-order valence-corrected chi connectivity index (χ4v) is 3.87. The molecular weight excluding hydrogens is 471 g/mol. The van der Waals surface area contributed by atoms with Crippen molar-refractivity contribution in [2.75, 3.05) is 39.9 Å². The third-order valence-electron chi connectivity index (χ3n) is 4.61. The van der Waals surface area contributed by atoms with Crippen LogP contribution in [0.4, 0.5) is 0 Å². The van der Waals surface area contributed by atoms with E-state index in [0.717, 1.165) is 45.4 Å². The molecule has 0 bridgehead atoms. The Morgan fingerprint density at radius 1 is 1.22 bits per heavy atom. The van der Waals surface area contributed by atoms with Gasteiger partial charge in [-0.05, 0) is 23.9 Å². The third-order valence-corrected chi connectivity index (χ3v) is 5.49. The number of hydrogen-bond donors (Lipinski definition) is 2. The van der Waals surface area contributed by atoms with E-state index in [1.54, 1.807) is 11.3 Å². The van der Waals surface area contributed by atoms with Crippen molar-refractivity contribution in [3.8, 4) is 0 Å². The molecule has 1 unspecified atom stereocenters. The molecule has 1 aromatic carbocycles. The van der Waals surface area contributed by atoms with Gasteiger partial charge in [-0.1, -0.05) is 35.9 Å². The molecule has 1 saturated heterocycles. The summed E-state index contributed by atoms with van der Waals surface area (Å²) >= 11 is 1.75. The predicted molar refractivity (Wildman–Crippen MR) is 124 cm³/mol. The average Bonchev–Trinajstić information content (AvgIpc) is 3.19. The Balaban J connectivity index is 0.00000261. The van der Waals surface area contributed by atoms with Gasteiger partial charge in [-0.3, -0.25) is 9.89 Å². The Hall–Kier alpha value is -1.16. The lowest BCUT2D eigenvalue weighted by atomic mass is 10.0. The molecule has 7 heteroatoms. The number of halogens is 1. The maximum Gasteiger partial charge on any atom is 0.191 e. The van der Waals surface area contributed by atoms with Crippen LogP contribution in [0.25, 0.3) is 0 Å². The van der Waals surface area contributed by atoms with Gasteiger partial charge in [0.05, 0.1) is 25.8 Å². The largest absolute Gasteiger partial charge is 0.379 e. The van der Waals surface area contributed by atoms with Gasteiger partial charge in [-0.2, -0.15) is 0 Å². The van der Waals surface area contributed by atoms with Gasteiger partial charge < -0.3 is 15.4 Å². The smallest absolute Gasteiger partial charge is 0.191 e. The quantitative estimate of drug-likeness (QED) is 0.363. The van der Waals surface area contributed by atoms with E-state index in [9.17, 15) is 0 Å². The minimum Gasteiger partial charge on any atom is -0.379 e. The van der Waals surface area contributed by atoms with Crippen LogP contribution in [0, 0.1) is 6.92 Å². The molecule has 0 aliphatic carbocycles. The average molecular weight is 500 g/mol. The van der Waals surface area contributed by atoms with Crippen LogP contribution in [0.15, 0.2) is 46.8 Å². The zero-order chi connectivity index (χ0) is 18.2. The summed E-state index contributed by atoms with van der Waals surface area (Å²) in [6, 6.07) is 13.3. The number of benzene rings is 1. The summed E-state index contributed by atoms with van der Waals surface area (Å²) < 4.78 is 5.54. The predicted octanol–water partition coefficient (Wildman–Crippen LogP) is 3.41. The highest BCUT2D eigenvalue weighted by molar-refractivity contribution is 14.0. The summed E-state index contributed by atoms with van der Waals surface area (Å²) in [5.41, 5.74) is 2.63.